The van der Waals surface area contributed by atoms with Crippen molar-refractivity contribution in [3.05, 3.63) is 84.2 Å². The maximum absolute atomic E-state index is 12.8. The monoisotopic (exact) mass is 347 g/mol. The lowest BCUT2D eigenvalue weighted by molar-refractivity contribution is 0.0235. The third-order valence-electron chi connectivity index (χ3n) is 4.96. The highest BCUT2D eigenvalue weighted by atomic mass is 16.3. The largest absolute Gasteiger partial charge is 0.393 e. The number of carbonyl (C=O) groups excluding carboxylic acids is 1. The van der Waals surface area contributed by atoms with E-state index in [1.165, 1.54) is 0 Å². The van der Waals surface area contributed by atoms with E-state index in [0.29, 0.717) is 5.56 Å². The number of hydrogen-bond donors (Lipinski definition) is 2. The number of rotatable bonds is 5. The average Bonchev–Trinajstić information content (AvgIpc) is 3.19. The van der Waals surface area contributed by atoms with Gasteiger partial charge in [-0.3, -0.25) is 4.79 Å². The molecule has 2 aromatic carbocycles. The van der Waals surface area contributed by atoms with Crippen LogP contribution in [0.4, 0.5) is 0 Å². The molecule has 26 heavy (non-hydrogen) atoms. The van der Waals surface area contributed by atoms with Crippen molar-refractivity contribution in [3.8, 4) is 5.69 Å². The second-order valence-electron chi connectivity index (χ2n) is 6.74. The van der Waals surface area contributed by atoms with Crippen LogP contribution in [0.1, 0.15) is 34.8 Å². The Balaban J connectivity index is 1.51. The maximum atomic E-state index is 12.8. The molecule has 5 nitrogen and oxygen atoms in total. The fourth-order valence-corrected chi connectivity index (χ4v) is 3.45. The summed E-state index contributed by atoms with van der Waals surface area (Å²) in [6.07, 6.45) is 4.77. The lowest BCUT2D eigenvalue weighted by Crippen LogP contribution is -2.41. The zero-order valence-corrected chi connectivity index (χ0v) is 14.3. The minimum Gasteiger partial charge on any atom is -0.393 e. The first-order valence-corrected chi connectivity index (χ1v) is 8.84. The predicted octanol–water partition coefficient (Wildman–Crippen LogP) is 3.11. The van der Waals surface area contributed by atoms with Gasteiger partial charge < -0.3 is 10.4 Å². The molecule has 0 radical (unpaired) electrons. The van der Waals surface area contributed by atoms with Crippen molar-refractivity contribution >= 4 is 5.91 Å². The zero-order valence-electron chi connectivity index (χ0n) is 14.3. The van der Waals surface area contributed by atoms with Gasteiger partial charge in [0.2, 0.25) is 0 Å². The smallest absolute Gasteiger partial charge is 0.251 e. The molecule has 3 aromatic rings. The van der Waals surface area contributed by atoms with Crippen LogP contribution in [0.15, 0.2) is 73.1 Å². The van der Waals surface area contributed by atoms with Crippen LogP contribution in [0.3, 0.4) is 0 Å². The topological polar surface area (TPSA) is 67.2 Å². The molecule has 5 heteroatoms. The molecule has 2 N–H and O–H groups in total. The van der Waals surface area contributed by atoms with Crippen molar-refractivity contribution in [3.63, 3.8) is 0 Å². The fourth-order valence-electron chi connectivity index (χ4n) is 3.45. The zero-order chi connectivity index (χ0) is 17.9. The van der Waals surface area contributed by atoms with Gasteiger partial charge >= 0.3 is 0 Å². The van der Waals surface area contributed by atoms with Crippen molar-refractivity contribution in [1.29, 1.82) is 0 Å². The van der Waals surface area contributed by atoms with Gasteiger partial charge in [0.1, 0.15) is 0 Å². The molecular weight excluding hydrogens is 326 g/mol. The van der Waals surface area contributed by atoms with Crippen LogP contribution in [-0.2, 0) is 0 Å². The number of aliphatic hydroxyl groups excluding tert-OH is 1. The molecule has 1 unspecified atom stereocenters. The third-order valence-corrected chi connectivity index (χ3v) is 4.96. The summed E-state index contributed by atoms with van der Waals surface area (Å²) < 4.78 is 1.75. The first-order valence-electron chi connectivity index (χ1n) is 8.84. The minimum atomic E-state index is -0.253. The Morgan fingerprint density at radius 1 is 1.08 bits per heavy atom. The number of aliphatic hydroxyl groups is 1. The molecule has 1 atom stereocenters. The van der Waals surface area contributed by atoms with Crippen LogP contribution in [-0.4, -0.2) is 26.9 Å². The Hall–Kier alpha value is -2.92. The number of amides is 1. The molecule has 0 aliphatic heterocycles. The van der Waals surface area contributed by atoms with Crippen molar-refractivity contribution in [1.82, 2.24) is 15.1 Å². The van der Waals surface area contributed by atoms with Crippen molar-refractivity contribution in [2.45, 2.75) is 25.0 Å². The van der Waals surface area contributed by atoms with Crippen molar-refractivity contribution < 1.29 is 9.90 Å². The number of nitrogens with zero attached hydrogens (tertiary/aromatic N) is 2. The van der Waals surface area contributed by atoms with E-state index in [1.807, 2.05) is 66.9 Å². The summed E-state index contributed by atoms with van der Waals surface area (Å²) in [6.45, 7) is 0. The van der Waals surface area contributed by atoms with E-state index in [0.717, 1.165) is 24.1 Å². The van der Waals surface area contributed by atoms with Gasteiger partial charge in [-0.15, -0.1) is 0 Å². The van der Waals surface area contributed by atoms with Gasteiger partial charge in [-0.05, 0) is 54.7 Å². The molecule has 1 heterocycles. The molecule has 0 spiro atoms. The fraction of sp³-hybridized carbons (Fsp3) is 0.238. The predicted molar refractivity (Wildman–Crippen MR) is 98.9 cm³/mol. The van der Waals surface area contributed by atoms with Crippen LogP contribution in [0.2, 0.25) is 0 Å². The molecule has 1 fully saturated rings. The van der Waals surface area contributed by atoms with Crippen LogP contribution in [0.25, 0.3) is 5.69 Å². The quantitative estimate of drug-likeness (QED) is 0.745. The Kier molecular flexibility index (Phi) is 4.54. The highest BCUT2D eigenvalue weighted by Crippen LogP contribution is 2.38. The average molecular weight is 347 g/mol. The molecule has 132 valence electrons. The van der Waals surface area contributed by atoms with Crippen molar-refractivity contribution in [2.75, 3.05) is 0 Å². The molecule has 1 aliphatic rings. The van der Waals surface area contributed by atoms with Crippen LogP contribution < -0.4 is 5.32 Å². The Morgan fingerprint density at radius 3 is 2.42 bits per heavy atom. The molecule has 0 bridgehead atoms. The number of aromatic nitrogens is 2. The van der Waals surface area contributed by atoms with E-state index in [1.54, 1.807) is 10.9 Å². The Morgan fingerprint density at radius 2 is 1.81 bits per heavy atom. The SMILES string of the molecule is O=C(NC(c1ccccc1)C1CC(O)C1)c1ccc(-n2cccn2)cc1. The Labute approximate surface area is 152 Å². The second-order valence-corrected chi connectivity index (χ2v) is 6.74. The number of nitrogens with one attached hydrogen (secondary N) is 1. The maximum Gasteiger partial charge on any atom is 0.251 e. The molecular formula is C21H21N3O2. The summed E-state index contributed by atoms with van der Waals surface area (Å²) in [5.41, 5.74) is 2.60. The minimum absolute atomic E-state index is 0.0853. The number of hydrogen-bond acceptors (Lipinski definition) is 3. The highest BCUT2D eigenvalue weighted by molar-refractivity contribution is 5.94. The van der Waals surface area contributed by atoms with E-state index in [4.69, 9.17) is 0 Å². The van der Waals surface area contributed by atoms with Gasteiger partial charge in [0.15, 0.2) is 0 Å². The lowest BCUT2D eigenvalue weighted by Gasteiger charge is -2.38. The molecule has 1 aliphatic carbocycles. The second kappa shape index (κ2) is 7.14. The van der Waals surface area contributed by atoms with Gasteiger partial charge in [-0.1, -0.05) is 30.3 Å². The number of benzene rings is 2. The van der Waals surface area contributed by atoms with Crippen LogP contribution >= 0.6 is 0 Å². The molecule has 1 amide bonds. The molecule has 4 rings (SSSR count). The van der Waals surface area contributed by atoms with Gasteiger partial charge in [0, 0.05) is 18.0 Å². The van der Waals surface area contributed by atoms with Crippen LogP contribution in [0, 0.1) is 5.92 Å². The summed E-state index contributed by atoms with van der Waals surface area (Å²) in [5, 5.41) is 17.0. The van der Waals surface area contributed by atoms with Crippen LogP contribution in [0.5, 0.6) is 0 Å². The lowest BCUT2D eigenvalue weighted by atomic mass is 9.75. The van der Waals surface area contributed by atoms with Gasteiger partial charge in [0.25, 0.3) is 5.91 Å². The van der Waals surface area contributed by atoms with Gasteiger partial charge in [-0.2, -0.15) is 5.10 Å². The summed E-state index contributed by atoms with van der Waals surface area (Å²) in [6, 6.07) is 19.1. The van der Waals surface area contributed by atoms with E-state index in [-0.39, 0.29) is 24.0 Å². The summed E-state index contributed by atoms with van der Waals surface area (Å²) in [5.74, 6) is 0.159. The highest BCUT2D eigenvalue weighted by Gasteiger charge is 2.35. The summed E-state index contributed by atoms with van der Waals surface area (Å²) >= 11 is 0. The summed E-state index contributed by atoms with van der Waals surface area (Å²) in [7, 11) is 0. The molecule has 1 saturated carbocycles. The number of carbonyl (C=O) groups is 1. The third kappa shape index (κ3) is 3.39. The van der Waals surface area contributed by atoms with E-state index >= 15 is 0 Å². The van der Waals surface area contributed by atoms with Gasteiger partial charge in [-0.25, -0.2) is 4.68 Å². The van der Waals surface area contributed by atoms with E-state index < -0.39 is 0 Å². The normalized spacial score (nSPS) is 20.2. The van der Waals surface area contributed by atoms with Crippen molar-refractivity contribution in [2.24, 2.45) is 5.92 Å². The summed E-state index contributed by atoms with van der Waals surface area (Å²) in [4.78, 5) is 12.8. The first-order chi connectivity index (χ1) is 12.7. The molecule has 0 saturated heterocycles. The standard InChI is InChI=1S/C21H21N3O2/c25-19-13-17(14-19)20(15-5-2-1-3-6-15)23-21(26)16-7-9-18(10-8-16)24-12-4-11-22-24/h1-12,17,19-20,25H,13-14H2,(H,23,26). The van der Waals surface area contributed by atoms with E-state index in [2.05, 4.69) is 10.4 Å². The van der Waals surface area contributed by atoms with E-state index in [9.17, 15) is 9.90 Å². The molecule has 1 aromatic heterocycles. The van der Waals surface area contributed by atoms with Gasteiger partial charge in [0.05, 0.1) is 17.8 Å². The first kappa shape index (κ1) is 16.5. The Bertz CT molecular complexity index is 854.